The Bertz CT molecular complexity index is 454. The van der Waals surface area contributed by atoms with Gasteiger partial charge in [-0.15, -0.1) is 11.3 Å². The van der Waals surface area contributed by atoms with Crippen LogP contribution < -0.4 is 0 Å². The molecule has 0 unspecified atom stereocenters. The van der Waals surface area contributed by atoms with Gasteiger partial charge in [0.1, 0.15) is 0 Å². The Morgan fingerprint density at radius 1 is 1.31 bits per heavy atom. The molecule has 4 heteroatoms. The molecule has 0 saturated carbocycles. The third kappa shape index (κ3) is 2.46. The van der Waals surface area contributed by atoms with Gasteiger partial charge in [-0.05, 0) is 30.0 Å². The predicted molar refractivity (Wildman–Crippen MR) is 64.7 cm³/mol. The highest BCUT2D eigenvalue weighted by molar-refractivity contribution is 7.09. The van der Waals surface area contributed by atoms with Crippen LogP contribution in [0.5, 0.6) is 0 Å². The van der Waals surface area contributed by atoms with Gasteiger partial charge >= 0.3 is 0 Å². The SMILES string of the molecule is Cc1c(CCO)cncc1Cc1nccs1. The number of aliphatic hydroxyl groups excluding tert-OH is 1. The molecular weight excluding hydrogens is 220 g/mol. The maximum absolute atomic E-state index is 8.95. The Balaban J connectivity index is 2.24. The molecule has 0 aromatic carbocycles. The molecule has 2 aromatic heterocycles. The summed E-state index contributed by atoms with van der Waals surface area (Å²) in [6.45, 7) is 2.25. The Morgan fingerprint density at radius 3 is 2.81 bits per heavy atom. The average Bonchev–Trinajstić information content (AvgIpc) is 2.77. The molecule has 2 aromatic rings. The summed E-state index contributed by atoms with van der Waals surface area (Å²) in [5.74, 6) is 0. The first-order valence-electron chi connectivity index (χ1n) is 5.23. The van der Waals surface area contributed by atoms with Gasteiger partial charge in [0.05, 0.1) is 5.01 Å². The van der Waals surface area contributed by atoms with E-state index in [1.54, 1.807) is 11.3 Å². The molecular formula is C12H14N2OS. The number of hydrogen-bond donors (Lipinski definition) is 1. The third-order valence-electron chi connectivity index (χ3n) is 2.63. The van der Waals surface area contributed by atoms with Crippen LogP contribution in [0.1, 0.15) is 21.7 Å². The van der Waals surface area contributed by atoms with E-state index >= 15 is 0 Å². The molecule has 1 N–H and O–H groups in total. The van der Waals surface area contributed by atoms with Crippen LogP contribution in [0.25, 0.3) is 0 Å². The maximum Gasteiger partial charge on any atom is 0.0969 e. The minimum absolute atomic E-state index is 0.170. The first-order chi connectivity index (χ1) is 7.81. The van der Waals surface area contributed by atoms with Crippen molar-refractivity contribution in [3.63, 3.8) is 0 Å². The minimum atomic E-state index is 0.170. The lowest BCUT2D eigenvalue weighted by Crippen LogP contribution is -2.00. The molecule has 0 aliphatic rings. The Morgan fingerprint density at radius 2 is 2.12 bits per heavy atom. The Hall–Kier alpha value is -1.26. The van der Waals surface area contributed by atoms with Gasteiger partial charge in [0.15, 0.2) is 0 Å². The molecule has 3 nitrogen and oxygen atoms in total. The maximum atomic E-state index is 8.95. The Kier molecular flexibility index (Phi) is 3.64. The van der Waals surface area contributed by atoms with Crippen LogP contribution in [0.4, 0.5) is 0 Å². The Labute approximate surface area is 98.8 Å². The number of aliphatic hydroxyl groups is 1. The smallest absolute Gasteiger partial charge is 0.0969 e. The fourth-order valence-corrected chi connectivity index (χ4v) is 2.31. The predicted octanol–water partition coefficient (Wildman–Crippen LogP) is 1.97. The minimum Gasteiger partial charge on any atom is -0.396 e. The molecule has 0 bridgehead atoms. The van der Waals surface area contributed by atoms with Crippen LogP contribution >= 0.6 is 11.3 Å². The van der Waals surface area contributed by atoms with E-state index in [4.69, 9.17) is 5.11 Å². The summed E-state index contributed by atoms with van der Waals surface area (Å²) in [6, 6.07) is 0. The van der Waals surface area contributed by atoms with Crippen LogP contribution in [0.2, 0.25) is 0 Å². The van der Waals surface area contributed by atoms with E-state index in [2.05, 4.69) is 16.9 Å². The molecule has 0 radical (unpaired) electrons. The number of rotatable bonds is 4. The topological polar surface area (TPSA) is 46.0 Å². The summed E-state index contributed by atoms with van der Waals surface area (Å²) >= 11 is 1.66. The summed E-state index contributed by atoms with van der Waals surface area (Å²) < 4.78 is 0. The number of thiazole rings is 1. The van der Waals surface area contributed by atoms with Crippen LogP contribution in [0.3, 0.4) is 0 Å². The van der Waals surface area contributed by atoms with Crippen LogP contribution in [0, 0.1) is 6.92 Å². The molecule has 16 heavy (non-hydrogen) atoms. The van der Waals surface area contributed by atoms with Gasteiger partial charge in [0.25, 0.3) is 0 Å². The first-order valence-corrected chi connectivity index (χ1v) is 6.11. The van der Waals surface area contributed by atoms with Crippen molar-refractivity contribution < 1.29 is 5.11 Å². The molecule has 0 spiro atoms. The number of aromatic nitrogens is 2. The summed E-state index contributed by atoms with van der Waals surface area (Å²) in [4.78, 5) is 8.48. The van der Waals surface area contributed by atoms with Crippen molar-refractivity contribution in [3.8, 4) is 0 Å². The zero-order valence-corrected chi connectivity index (χ0v) is 10.00. The van der Waals surface area contributed by atoms with Crippen molar-refractivity contribution in [2.24, 2.45) is 0 Å². The summed E-state index contributed by atoms with van der Waals surface area (Å²) in [5.41, 5.74) is 3.54. The van der Waals surface area contributed by atoms with Crippen LogP contribution in [-0.2, 0) is 12.8 Å². The van der Waals surface area contributed by atoms with Crippen LogP contribution in [-0.4, -0.2) is 21.7 Å². The van der Waals surface area contributed by atoms with Gasteiger partial charge in [-0.25, -0.2) is 4.98 Å². The lowest BCUT2D eigenvalue weighted by molar-refractivity contribution is 0.299. The molecule has 0 aliphatic carbocycles. The van der Waals surface area contributed by atoms with E-state index in [1.165, 1.54) is 11.1 Å². The van der Waals surface area contributed by atoms with Crippen molar-refractivity contribution in [1.29, 1.82) is 0 Å². The highest BCUT2D eigenvalue weighted by Gasteiger charge is 2.06. The van der Waals surface area contributed by atoms with Crippen molar-refractivity contribution in [2.75, 3.05) is 6.61 Å². The zero-order valence-electron chi connectivity index (χ0n) is 9.18. The lowest BCUT2D eigenvalue weighted by Gasteiger charge is -2.08. The lowest BCUT2D eigenvalue weighted by atomic mass is 10.0. The van der Waals surface area contributed by atoms with Gasteiger partial charge in [-0.2, -0.15) is 0 Å². The molecule has 0 atom stereocenters. The zero-order chi connectivity index (χ0) is 11.4. The van der Waals surface area contributed by atoms with Gasteiger partial charge < -0.3 is 5.11 Å². The molecule has 0 aliphatic heterocycles. The van der Waals surface area contributed by atoms with E-state index in [9.17, 15) is 0 Å². The quantitative estimate of drug-likeness (QED) is 0.879. The van der Waals surface area contributed by atoms with E-state index < -0.39 is 0 Å². The third-order valence-corrected chi connectivity index (χ3v) is 3.41. The van der Waals surface area contributed by atoms with Crippen molar-refractivity contribution in [3.05, 3.63) is 45.7 Å². The normalized spacial score (nSPS) is 10.6. The summed E-state index contributed by atoms with van der Waals surface area (Å²) in [6.07, 6.45) is 7.04. The highest BCUT2D eigenvalue weighted by Crippen LogP contribution is 2.17. The highest BCUT2D eigenvalue weighted by atomic mass is 32.1. The first kappa shape index (κ1) is 11.2. The molecule has 0 saturated heterocycles. The second-order valence-corrected chi connectivity index (χ2v) is 4.64. The second-order valence-electron chi connectivity index (χ2n) is 3.66. The summed E-state index contributed by atoms with van der Waals surface area (Å²) in [7, 11) is 0. The standard InChI is InChI=1S/C12H14N2OS/c1-9-10(2-4-15)7-13-8-11(9)6-12-14-3-5-16-12/h3,5,7-8,15H,2,4,6H2,1H3. The van der Waals surface area contributed by atoms with E-state index in [-0.39, 0.29) is 6.61 Å². The average molecular weight is 234 g/mol. The van der Waals surface area contributed by atoms with E-state index in [0.29, 0.717) is 6.42 Å². The van der Waals surface area contributed by atoms with Gasteiger partial charge in [0, 0.05) is 37.0 Å². The molecule has 84 valence electrons. The van der Waals surface area contributed by atoms with Gasteiger partial charge in [-0.3, -0.25) is 4.98 Å². The van der Waals surface area contributed by atoms with Crippen LogP contribution in [0.15, 0.2) is 24.0 Å². The van der Waals surface area contributed by atoms with E-state index in [0.717, 1.165) is 17.0 Å². The number of pyridine rings is 1. The molecule has 0 fully saturated rings. The number of nitrogens with zero attached hydrogens (tertiary/aromatic N) is 2. The van der Waals surface area contributed by atoms with E-state index in [1.807, 2.05) is 24.0 Å². The largest absolute Gasteiger partial charge is 0.396 e. The fraction of sp³-hybridized carbons (Fsp3) is 0.333. The molecule has 2 rings (SSSR count). The van der Waals surface area contributed by atoms with Gasteiger partial charge in [-0.1, -0.05) is 0 Å². The van der Waals surface area contributed by atoms with Crippen molar-refractivity contribution in [2.45, 2.75) is 19.8 Å². The second kappa shape index (κ2) is 5.18. The molecule has 2 heterocycles. The summed E-state index contributed by atoms with van der Waals surface area (Å²) in [5, 5.41) is 12.0. The monoisotopic (exact) mass is 234 g/mol. The van der Waals surface area contributed by atoms with Gasteiger partial charge in [0.2, 0.25) is 0 Å². The van der Waals surface area contributed by atoms with Crippen molar-refractivity contribution >= 4 is 11.3 Å². The molecule has 0 amide bonds. The number of hydrogen-bond acceptors (Lipinski definition) is 4. The van der Waals surface area contributed by atoms with Crippen molar-refractivity contribution in [1.82, 2.24) is 9.97 Å². The fourth-order valence-electron chi connectivity index (χ4n) is 1.67.